The highest BCUT2D eigenvalue weighted by Gasteiger charge is 2.05. The van der Waals surface area contributed by atoms with Crippen LogP contribution in [-0.2, 0) is 17.6 Å². The van der Waals surface area contributed by atoms with E-state index in [2.05, 4.69) is 0 Å². The molecule has 0 spiro atoms. The Morgan fingerprint density at radius 3 is 3.00 bits per heavy atom. The standard InChI is InChI=1S/C8H10O2S/c1-2-6-3-4-11-7(6)5-8(9)10/h3-4H,2,5H2,1H3,(H,9,10). The summed E-state index contributed by atoms with van der Waals surface area (Å²) in [5.41, 5.74) is 1.16. The molecule has 0 bridgehead atoms. The summed E-state index contributed by atoms with van der Waals surface area (Å²) in [5.74, 6) is -0.748. The fourth-order valence-corrected chi connectivity index (χ4v) is 1.94. The molecule has 0 atom stereocenters. The minimum absolute atomic E-state index is 0.167. The van der Waals surface area contributed by atoms with E-state index in [0.717, 1.165) is 16.9 Å². The SMILES string of the molecule is CCc1ccsc1CC(=O)O. The number of rotatable bonds is 3. The summed E-state index contributed by atoms with van der Waals surface area (Å²) in [6.07, 6.45) is 1.09. The number of hydrogen-bond donors (Lipinski definition) is 1. The van der Waals surface area contributed by atoms with Crippen molar-refractivity contribution >= 4 is 17.3 Å². The number of carboxylic acids is 1. The van der Waals surface area contributed by atoms with Gasteiger partial charge in [-0.05, 0) is 23.4 Å². The number of aryl methyl sites for hydroxylation is 1. The fourth-order valence-electron chi connectivity index (χ4n) is 0.974. The molecule has 0 fully saturated rings. The van der Waals surface area contributed by atoms with Gasteiger partial charge in [0.25, 0.3) is 0 Å². The van der Waals surface area contributed by atoms with Crippen LogP contribution in [0.3, 0.4) is 0 Å². The monoisotopic (exact) mass is 170 g/mol. The van der Waals surface area contributed by atoms with Gasteiger partial charge in [0.15, 0.2) is 0 Å². The summed E-state index contributed by atoms with van der Waals surface area (Å²) >= 11 is 1.52. The summed E-state index contributed by atoms with van der Waals surface area (Å²) in [6.45, 7) is 2.04. The Bertz CT molecular complexity index is 252. The molecule has 1 rings (SSSR count). The molecule has 2 nitrogen and oxygen atoms in total. The maximum Gasteiger partial charge on any atom is 0.308 e. The van der Waals surface area contributed by atoms with Gasteiger partial charge in [0.05, 0.1) is 6.42 Å². The van der Waals surface area contributed by atoms with E-state index in [-0.39, 0.29) is 6.42 Å². The van der Waals surface area contributed by atoms with Crippen molar-refractivity contribution in [2.24, 2.45) is 0 Å². The second-order valence-corrected chi connectivity index (χ2v) is 3.29. The van der Waals surface area contributed by atoms with E-state index in [4.69, 9.17) is 5.11 Å². The third-order valence-corrected chi connectivity index (χ3v) is 2.49. The fraction of sp³-hybridized carbons (Fsp3) is 0.375. The van der Waals surface area contributed by atoms with Crippen LogP contribution >= 0.6 is 11.3 Å². The Hall–Kier alpha value is -0.830. The minimum atomic E-state index is -0.748. The maximum absolute atomic E-state index is 10.3. The maximum atomic E-state index is 10.3. The zero-order valence-corrected chi connectivity index (χ0v) is 7.15. The van der Waals surface area contributed by atoms with Gasteiger partial charge in [-0.2, -0.15) is 0 Å². The Morgan fingerprint density at radius 1 is 1.73 bits per heavy atom. The van der Waals surface area contributed by atoms with Gasteiger partial charge in [-0.15, -0.1) is 11.3 Å². The second-order valence-electron chi connectivity index (χ2n) is 2.29. The van der Waals surface area contributed by atoms with Gasteiger partial charge in [0, 0.05) is 4.88 Å². The van der Waals surface area contributed by atoms with Gasteiger partial charge in [-0.1, -0.05) is 6.92 Å². The number of thiophene rings is 1. The van der Waals surface area contributed by atoms with Crippen LogP contribution in [0.2, 0.25) is 0 Å². The van der Waals surface area contributed by atoms with Crippen LogP contribution in [-0.4, -0.2) is 11.1 Å². The van der Waals surface area contributed by atoms with Gasteiger partial charge >= 0.3 is 5.97 Å². The topological polar surface area (TPSA) is 37.3 Å². The summed E-state index contributed by atoms with van der Waals surface area (Å²) in [7, 11) is 0. The van der Waals surface area contributed by atoms with Crippen LogP contribution in [0.4, 0.5) is 0 Å². The summed E-state index contributed by atoms with van der Waals surface area (Å²) in [4.78, 5) is 11.3. The van der Waals surface area contributed by atoms with E-state index < -0.39 is 5.97 Å². The Labute approximate surface area is 69.5 Å². The van der Waals surface area contributed by atoms with E-state index >= 15 is 0 Å². The Morgan fingerprint density at radius 2 is 2.45 bits per heavy atom. The molecule has 0 aromatic carbocycles. The molecular weight excluding hydrogens is 160 g/mol. The molecule has 11 heavy (non-hydrogen) atoms. The predicted molar refractivity (Wildman–Crippen MR) is 45.0 cm³/mol. The number of carboxylic acid groups (broad SMARTS) is 1. The van der Waals surface area contributed by atoms with E-state index in [1.165, 1.54) is 11.3 Å². The molecule has 0 aliphatic rings. The van der Waals surface area contributed by atoms with Crippen LogP contribution in [0.1, 0.15) is 17.4 Å². The van der Waals surface area contributed by atoms with Gasteiger partial charge in [0.2, 0.25) is 0 Å². The smallest absolute Gasteiger partial charge is 0.308 e. The summed E-state index contributed by atoms with van der Waals surface area (Å²) in [5, 5.41) is 10.5. The molecular formula is C8H10O2S. The van der Waals surface area contributed by atoms with Gasteiger partial charge in [0.1, 0.15) is 0 Å². The molecule has 1 heterocycles. The second kappa shape index (κ2) is 3.53. The van der Waals surface area contributed by atoms with E-state index in [9.17, 15) is 4.79 Å². The molecule has 0 amide bonds. The number of carbonyl (C=O) groups is 1. The highest BCUT2D eigenvalue weighted by atomic mass is 32.1. The first-order valence-corrected chi connectivity index (χ1v) is 4.39. The molecule has 0 aliphatic heterocycles. The molecule has 0 saturated carbocycles. The molecule has 0 aliphatic carbocycles. The Kier molecular flexibility index (Phi) is 2.65. The molecule has 1 aromatic heterocycles. The van der Waals surface area contributed by atoms with Crippen molar-refractivity contribution in [3.8, 4) is 0 Å². The first-order chi connectivity index (χ1) is 5.24. The third-order valence-electron chi connectivity index (χ3n) is 1.53. The van der Waals surface area contributed by atoms with Crippen LogP contribution in [0.15, 0.2) is 11.4 Å². The van der Waals surface area contributed by atoms with Crippen molar-refractivity contribution in [1.29, 1.82) is 0 Å². The van der Waals surface area contributed by atoms with Crippen molar-refractivity contribution in [1.82, 2.24) is 0 Å². The van der Waals surface area contributed by atoms with E-state index in [1.54, 1.807) is 0 Å². The molecule has 1 N–H and O–H groups in total. The van der Waals surface area contributed by atoms with Crippen molar-refractivity contribution in [3.63, 3.8) is 0 Å². The third kappa shape index (κ3) is 2.05. The van der Waals surface area contributed by atoms with Crippen molar-refractivity contribution in [2.75, 3.05) is 0 Å². The zero-order chi connectivity index (χ0) is 8.27. The molecule has 0 saturated heterocycles. The Balaban J connectivity index is 2.76. The lowest BCUT2D eigenvalue weighted by Crippen LogP contribution is -1.99. The van der Waals surface area contributed by atoms with Gasteiger partial charge in [-0.3, -0.25) is 4.79 Å². The quantitative estimate of drug-likeness (QED) is 0.752. The molecule has 0 unspecified atom stereocenters. The largest absolute Gasteiger partial charge is 0.481 e. The lowest BCUT2D eigenvalue weighted by atomic mass is 10.2. The first-order valence-electron chi connectivity index (χ1n) is 3.51. The molecule has 1 aromatic rings. The number of aliphatic carboxylic acids is 1. The molecule has 3 heteroatoms. The van der Waals surface area contributed by atoms with Crippen LogP contribution in [0, 0.1) is 0 Å². The summed E-state index contributed by atoms with van der Waals surface area (Å²) < 4.78 is 0. The lowest BCUT2D eigenvalue weighted by molar-refractivity contribution is -0.136. The van der Waals surface area contributed by atoms with Gasteiger partial charge in [-0.25, -0.2) is 0 Å². The minimum Gasteiger partial charge on any atom is -0.481 e. The molecule has 0 radical (unpaired) electrons. The molecule has 60 valence electrons. The van der Waals surface area contributed by atoms with E-state index in [0.29, 0.717) is 0 Å². The average molecular weight is 170 g/mol. The van der Waals surface area contributed by atoms with Gasteiger partial charge < -0.3 is 5.11 Å². The average Bonchev–Trinajstić information content (AvgIpc) is 2.34. The first kappa shape index (κ1) is 8.27. The summed E-state index contributed by atoms with van der Waals surface area (Å²) in [6, 6.07) is 1.99. The van der Waals surface area contributed by atoms with Crippen molar-refractivity contribution < 1.29 is 9.90 Å². The van der Waals surface area contributed by atoms with Crippen molar-refractivity contribution in [3.05, 3.63) is 21.9 Å². The van der Waals surface area contributed by atoms with Crippen LogP contribution in [0.5, 0.6) is 0 Å². The highest BCUT2D eigenvalue weighted by molar-refractivity contribution is 7.10. The number of hydrogen-bond acceptors (Lipinski definition) is 2. The zero-order valence-electron chi connectivity index (χ0n) is 6.33. The predicted octanol–water partition coefficient (Wildman–Crippen LogP) is 1.94. The normalized spacial score (nSPS) is 9.91. The lowest BCUT2D eigenvalue weighted by Gasteiger charge is -1.95. The van der Waals surface area contributed by atoms with Crippen molar-refractivity contribution in [2.45, 2.75) is 19.8 Å². The van der Waals surface area contributed by atoms with Crippen LogP contribution in [0.25, 0.3) is 0 Å². The van der Waals surface area contributed by atoms with Crippen LogP contribution < -0.4 is 0 Å². The highest BCUT2D eigenvalue weighted by Crippen LogP contribution is 2.17. The van der Waals surface area contributed by atoms with E-state index in [1.807, 2.05) is 18.4 Å².